The molecule has 0 radical (unpaired) electrons. The zero-order valence-electron chi connectivity index (χ0n) is 7.41. The van der Waals surface area contributed by atoms with Gasteiger partial charge in [-0.3, -0.25) is 9.11 Å². The van der Waals surface area contributed by atoms with E-state index in [0.29, 0.717) is 5.69 Å². The summed E-state index contributed by atoms with van der Waals surface area (Å²) in [5.74, 6) is 0.734. The molecule has 0 aliphatic carbocycles. The van der Waals surface area contributed by atoms with Crippen LogP contribution in [-0.4, -0.2) is 24.6 Å². The number of methoxy groups -OCH3 is 1. The summed E-state index contributed by atoms with van der Waals surface area (Å²) in [5.41, 5.74) is 6.19. The molecule has 0 aliphatic heterocycles. The van der Waals surface area contributed by atoms with Crippen molar-refractivity contribution in [3.63, 3.8) is 0 Å². The molecule has 0 heterocycles. The van der Waals surface area contributed by atoms with Crippen LogP contribution in [0.5, 0.6) is 5.75 Å². The summed E-state index contributed by atoms with van der Waals surface area (Å²) in [7, 11) is -3.06. The second-order valence-electron chi connectivity index (χ2n) is 2.19. The van der Waals surface area contributed by atoms with E-state index in [9.17, 15) is 0 Å². The molecule has 0 atom stereocenters. The number of nitrogens with two attached hydrogens (primary N) is 1. The molecule has 14 heavy (non-hydrogen) atoms. The normalized spacial score (nSPS) is 9.93. The molecule has 0 aromatic heterocycles. The van der Waals surface area contributed by atoms with Crippen LogP contribution in [0.1, 0.15) is 0 Å². The minimum absolute atomic E-state index is 0.681. The Morgan fingerprint density at radius 2 is 1.71 bits per heavy atom. The molecule has 1 aromatic rings. The molecule has 0 spiro atoms. The zero-order chi connectivity index (χ0) is 11.2. The fourth-order valence-electron chi connectivity index (χ4n) is 0.666. The van der Waals surface area contributed by atoms with Gasteiger partial charge >= 0.3 is 10.4 Å². The minimum Gasteiger partial charge on any atom is -0.495 e. The van der Waals surface area contributed by atoms with E-state index >= 15 is 0 Å². The van der Waals surface area contributed by atoms with Gasteiger partial charge in [0.1, 0.15) is 5.75 Å². The van der Waals surface area contributed by atoms with Crippen LogP contribution in [0.2, 0.25) is 0 Å². The van der Waals surface area contributed by atoms with Crippen LogP contribution in [0.15, 0.2) is 24.3 Å². The Morgan fingerprint density at radius 3 is 2.00 bits per heavy atom. The lowest BCUT2D eigenvalue weighted by molar-refractivity contribution is 0.381. The first-order valence-electron chi connectivity index (χ1n) is 3.43. The maximum Gasteiger partial charge on any atom is 0.394 e. The highest BCUT2D eigenvalue weighted by Crippen LogP contribution is 2.18. The Morgan fingerprint density at radius 1 is 1.29 bits per heavy atom. The number of hydrogen-bond acceptors (Lipinski definition) is 4. The van der Waals surface area contributed by atoms with Crippen LogP contribution < -0.4 is 10.5 Å². The summed E-state index contributed by atoms with van der Waals surface area (Å²) in [5, 5.41) is 0. The maximum absolute atomic E-state index is 8.74. The van der Waals surface area contributed by atoms with Gasteiger partial charge in [0.2, 0.25) is 0 Å². The fourth-order valence-corrected chi connectivity index (χ4v) is 0.666. The first-order valence-corrected chi connectivity index (χ1v) is 4.82. The molecule has 0 aliphatic rings. The molecule has 7 heteroatoms. The van der Waals surface area contributed by atoms with E-state index in [0.717, 1.165) is 5.75 Å². The Hall–Kier alpha value is -1.31. The molecule has 0 fully saturated rings. The molecule has 1 rings (SSSR count). The van der Waals surface area contributed by atoms with Crippen LogP contribution in [0.25, 0.3) is 0 Å². The minimum atomic E-state index is -4.67. The quantitative estimate of drug-likeness (QED) is 0.473. The topological polar surface area (TPSA) is 110 Å². The smallest absolute Gasteiger partial charge is 0.394 e. The second-order valence-corrected chi connectivity index (χ2v) is 3.09. The van der Waals surface area contributed by atoms with Gasteiger partial charge in [0.05, 0.1) is 12.8 Å². The van der Waals surface area contributed by atoms with E-state index in [1.807, 2.05) is 18.2 Å². The highest BCUT2D eigenvalue weighted by molar-refractivity contribution is 7.79. The van der Waals surface area contributed by atoms with E-state index in [1.165, 1.54) is 0 Å². The number of hydrogen-bond donors (Lipinski definition) is 3. The van der Waals surface area contributed by atoms with Crippen molar-refractivity contribution < 1.29 is 22.3 Å². The summed E-state index contributed by atoms with van der Waals surface area (Å²) in [6.07, 6.45) is 0. The third-order valence-corrected chi connectivity index (χ3v) is 1.14. The maximum atomic E-state index is 8.74. The SMILES string of the molecule is COc1ccccc1N.O=S(=O)(O)O. The summed E-state index contributed by atoms with van der Waals surface area (Å²) < 4.78 is 36.5. The molecule has 0 bridgehead atoms. The van der Waals surface area contributed by atoms with Crippen molar-refractivity contribution >= 4 is 16.1 Å². The highest BCUT2D eigenvalue weighted by atomic mass is 32.3. The van der Waals surface area contributed by atoms with Gasteiger partial charge in [-0.25, -0.2) is 0 Å². The molecule has 0 saturated heterocycles. The van der Waals surface area contributed by atoms with Gasteiger partial charge in [0, 0.05) is 0 Å². The standard InChI is InChI=1S/C7H9NO.H2O4S/c1-9-7-5-3-2-4-6(7)8;1-5(2,3)4/h2-5H,8H2,1H3;(H2,1,2,3,4). The third kappa shape index (κ3) is 7.35. The van der Waals surface area contributed by atoms with E-state index in [-0.39, 0.29) is 0 Å². The van der Waals surface area contributed by atoms with E-state index in [4.69, 9.17) is 28.0 Å². The van der Waals surface area contributed by atoms with Gasteiger partial charge in [0.25, 0.3) is 0 Å². The number of para-hydroxylation sites is 2. The van der Waals surface area contributed by atoms with Crippen molar-refractivity contribution in [1.82, 2.24) is 0 Å². The van der Waals surface area contributed by atoms with Gasteiger partial charge in [-0.15, -0.1) is 0 Å². The molecule has 6 nitrogen and oxygen atoms in total. The van der Waals surface area contributed by atoms with Crippen molar-refractivity contribution in [2.45, 2.75) is 0 Å². The number of ether oxygens (including phenoxy) is 1. The van der Waals surface area contributed by atoms with E-state index in [1.54, 1.807) is 13.2 Å². The molecule has 1 aromatic carbocycles. The Kier molecular flexibility index (Phi) is 4.92. The number of benzene rings is 1. The molecule has 0 saturated carbocycles. The lowest BCUT2D eigenvalue weighted by Gasteiger charge is -2.00. The van der Waals surface area contributed by atoms with Crippen molar-refractivity contribution in [1.29, 1.82) is 0 Å². The summed E-state index contributed by atoms with van der Waals surface area (Å²) in [6.45, 7) is 0. The summed E-state index contributed by atoms with van der Waals surface area (Å²) in [4.78, 5) is 0. The van der Waals surface area contributed by atoms with Gasteiger partial charge in [-0.2, -0.15) is 8.42 Å². The largest absolute Gasteiger partial charge is 0.495 e. The van der Waals surface area contributed by atoms with Crippen LogP contribution >= 0.6 is 0 Å². The van der Waals surface area contributed by atoms with Crippen LogP contribution in [0, 0.1) is 0 Å². The fraction of sp³-hybridized carbons (Fsp3) is 0.143. The predicted octanol–water partition coefficient (Wildman–Crippen LogP) is 0.625. The second kappa shape index (κ2) is 5.43. The number of anilines is 1. The van der Waals surface area contributed by atoms with Crippen LogP contribution in [0.3, 0.4) is 0 Å². The number of nitrogen functional groups attached to an aromatic ring is 1. The van der Waals surface area contributed by atoms with E-state index < -0.39 is 10.4 Å². The molecule has 0 amide bonds. The van der Waals surface area contributed by atoms with Gasteiger partial charge in [-0.1, -0.05) is 12.1 Å². The molecule has 0 unspecified atom stereocenters. The molecular weight excluding hydrogens is 210 g/mol. The third-order valence-electron chi connectivity index (χ3n) is 1.14. The van der Waals surface area contributed by atoms with Gasteiger partial charge < -0.3 is 10.5 Å². The van der Waals surface area contributed by atoms with Gasteiger partial charge in [0.15, 0.2) is 0 Å². The average Bonchev–Trinajstić information content (AvgIpc) is 2.02. The van der Waals surface area contributed by atoms with Crippen molar-refractivity contribution in [2.24, 2.45) is 0 Å². The Labute approximate surface area is 81.9 Å². The Balaban J connectivity index is 0.000000292. The lowest BCUT2D eigenvalue weighted by Crippen LogP contribution is -1.89. The lowest BCUT2D eigenvalue weighted by atomic mass is 10.3. The van der Waals surface area contributed by atoms with Crippen molar-refractivity contribution in [3.05, 3.63) is 24.3 Å². The molecular formula is C7H11NO5S. The van der Waals surface area contributed by atoms with E-state index in [2.05, 4.69) is 0 Å². The monoisotopic (exact) mass is 221 g/mol. The zero-order valence-corrected chi connectivity index (χ0v) is 8.23. The first kappa shape index (κ1) is 12.7. The summed E-state index contributed by atoms with van der Waals surface area (Å²) in [6, 6.07) is 7.39. The van der Waals surface area contributed by atoms with Crippen LogP contribution in [0.4, 0.5) is 5.69 Å². The summed E-state index contributed by atoms with van der Waals surface area (Å²) >= 11 is 0. The number of rotatable bonds is 1. The average molecular weight is 221 g/mol. The Bertz CT molecular complexity index is 367. The highest BCUT2D eigenvalue weighted by Gasteiger charge is 1.91. The molecule has 4 N–H and O–H groups in total. The predicted molar refractivity (Wildman–Crippen MR) is 51.6 cm³/mol. The van der Waals surface area contributed by atoms with Gasteiger partial charge in [-0.05, 0) is 12.1 Å². The van der Waals surface area contributed by atoms with Crippen molar-refractivity contribution in [3.8, 4) is 5.75 Å². The van der Waals surface area contributed by atoms with Crippen LogP contribution in [-0.2, 0) is 10.4 Å². The molecule has 80 valence electrons. The van der Waals surface area contributed by atoms with Crippen molar-refractivity contribution in [2.75, 3.05) is 12.8 Å². The first-order chi connectivity index (χ1) is 6.34.